The molecule has 2 aromatic rings. The van der Waals surface area contributed by atoms with Gasteiger partial charge in [-0.05, 0) is 50.1 Å². The summed E-state index contributed by atoms with van der Waals surface area (Å²) in [4.78, 5) is 24.4. The van der Waals surface area contributed by atoms with Crippen molar-refractivity contribution in [1.82, 2.24) is 4.31 Å². The van der Waals surface area contributed by atoms with Gasteiger partial charge in [-0.15, -0.1) is 0 Å². The number of rotatable bonds is 7. The van der Waals surface area contributed by atoms with E-state index in [0.717, 1.165) is 6.07 Å². The maximum atomic E-state index is 13.9. The number of hydrogen-bond donors (Lipinski definition) is 1. The summed E-state index contributed by atoms with van der Waals surface area (Å²) >= 11 is 0. The smallest absolute Gasteiger partial charge is 0.309 e. The molecule has 32 heavy (non-hydrogen) atoms. The summed E-state index contributed by atoms with van der Waals surface area (Å²) in [5.41, 5.74) is -0.0768. The summed E-state index contributed by atoms with van der Waals surface area (Å²) in [6.45, 7) is 2.36. The van der Waals surface area contributed by atoms with E-state index in [2.05, 4.69) is 5.32 Å². The molecule has 2 aromatic carbocycles. The van der Waals surface area contributed by atoms with Crippen molar-refractivity contribution in [1.29, 1.82) is 0 Å². The summed E-state index contributed by atoms with van der Waals surface area (Å²) in [6.07, 6.45) is 0.732. The number of carbonyl (C=O) groups excluding carboxylic acids is 2. The number of sulfonamides is 1. The molecule has 0 atom stereocenters. The Kier molecular flexibility index (Phi) is 7.47. The number of ether oxygens (including phenoxy) is 2. The summed E-state index contributed by atoms with van der Waals surface area (Å²) in [7, 11) is -2.50. The predicted molar refractivity (Wildman–Crippen MR) is 115 cm³/mol. The van der Waals surface area contributed by atoms with Crippen molar-refractivity contribution in [3.05, 3.63) is 53.8 Å². The molecule has 0 aliphatic carbocycles. The number of anilines is 1. The highest BCUT2D eigenvalue weighted by molar-refractivity contribution is 7.89. The highest BCUT2D eigenvalue weighted by Crippen LogP contribution is 2.31. The molecule has 1 amide bonds. The molecule has 0 spiro atoms. The van der Waals surface area contributed by atoms with Gasteiger partial charge in [-0.25, -0.2) is 12.8 Å². The average Bonchev–Trinajstić information content (AvgIpc) is 2.79. The number of piperidine rings is 1. The number of benzene rings is 2. The Balaban J connectivity index is 1.80. The Morgan fingerprint density at radius 1 is 1.16 bits per heavy atom. The molecule has 3 rings (SSSR count). The highest BCUT2D eigenvalue weighted by atomic mass is 32.2. The fraction of sp³-hybridized carbons (Fsp3) is 0.364. The average molecular weight is 465 g/mol. The molecule has 0 unspecified atom stereocenters. The van der Waals surface area contributed by atoms with E-state index in [4.69, 9.17) is 9.47 Å². The van der Waals surface area contributed by atoms with Crippen LogP contribution < -0.4 is 10.1 Å². The van der Waals surface area contributed by atoms with Crippen molar-refractivity contribution in [2.24, 2.45) is 5.92 Å². The van der Waals surface area contributed by atoms with Crippen LogP contribution in [0.5, 0.6) is 5.75 Å². The molecule has 1 aliphatic heterocycles. The molecule has 0 bridgehead atoms. The number of hydrogen-bond acceptors (Lipinski definition) is 6. The van der Waals surface area contributed by atoms with E-state index in [1.165, 1.54) is 47.8 Å². The third-order valence-electron chi connectivity index (χ3n) is 5.25. The van der Waals surface area contributed by atoms with Gasteiger partial charge >= 0.3 is 5.97 Å². The van der Waals surface area contributed by atoms with E-state index in [1.807, 2.05) is 0 Å². The summed E-state index contributed by atoms with van der Waals surface area (Å²) in [5, 5.41) is 2.52. The van der Waals surface area contributed by atoms with E-state index in [1.54, 1.807) is 6.92 Å². The molecular weight excluding hydrogens is 439 g/mol. The molecule has 1 aliphatic rings. The van der Waals surface area contributed by atoms with Crippen LogP contribution in [0.4, 0.5) is 10.1 Å². The van der Waals surface area contributed by atoms with Gasteiger partial charge < -0.3 is 14.8 Å². The van der Waals surface area contributed by atoms with Crippen LogP contribution in [0.1, 0.15) is 30.1 Å². The van der Waals surface area contributed by atoms with Crippen LogP contribution in [0.15, 0.2) is 47.4 Å². The normalized spacial score (nSPS) is 15.2. The van der Waals surface area contributed by atoms with Crippen molar-refractivity contribution in [2.45, 2.75) is 24.7 Å². The van der Waals surface area contributed by atoms with Gasteiger partial charge in [0.1, 0.15) is 11.6 Å². The standard InChI is InChI=1S/C22H25FN2O6S/c1-3-31-22(27)15-10-12-25(13-11-15)32(28,29)16-8-9-20(30-2)19(14-16)24-21(26)17-6-4-5-7-18(17)23/h4-9,14-15H,3,10-13H2,1-2H3,(H,24,26). The zero-order chi connectivity index (χ0) is 23.3. The Morgan fingerprint density at radius 3 is 2.47 bits per heavy atom. The van der Waals surface area contributed by atoms with Crippen molar-refractivity contribution >= 4 is 27.6 Å². The minimum absolute atomic E-state index is 0.0447. The van der Waals surface area contributed by atoms with Crippen LogP contribution in [0, 0.1) is 11.7 Å². The molecular formula is C22H25FN2O6S. The van der Waals surface area contributed by atoms with E-state index >= 15 is 0 Å². The second kappa shape index (κ2) is 10.1. The molecule has 1 saturated heterocycles. The first-order valence-electron chi connectivity index (χ1n) is 10.2. The lowest BCUT2D eigenvalue weighted by Gasteiger charge is -2.30. The number of carbonyl (C=O) groups is 2. The number of nitrogens with one attached hydrogen (secondary N) is 1. The fourth-order valence-corrected chi connectivity index (χ4v) is 5.02. The molecule has 172 valence electrons. The second-order valence-corrected chi connectivity index (χ2v) is 9.16. The van der Waals surface area contributed by atoms with Crippen LogP contribution in [0.25, 0.3) is 0 Å². The quantitative estimate of drug-likeness (QED) is 0.632. The lowest BCUT2D eigenvalue weighted by Crippen LogP contribution is -2.40. The topological polar surface area (TPSA) is 102 Å². The minimum Gasteiger partial charge on any atom is -0.495 e. The zero-order valence-corrected chi connectivity index (χ0v) is 18.7. The first-order valence-corrected chi connectivity index (χ1v) is 11.6. The maximum Gasteiger partial charge on any atom is 0.309 e. The summed E-state index contributed by atoms with van der Waals surface area (Å²) in [6, 6.07) is 9.56. The van der Waals surface area contributed by atoms with Gasteiger partial charge in [-0.2, -0.15) is 4.31 Å². The monoisotopic (exact) mass is 464 g/mol. The van der Waals surface area contributed by atoms with Crippen LogP contribution in [0.3, 0.4) is 0 Å². The van der Waals surface area contributed by atoms with Crippen molar-refractivity contribution in [3.8, 4) is 5.75 Å². The third kappa shape index (κ3) is 5.08. The maximum absolute atomic E-state index is 13.9. The Bertz CT molecular complexity index is 1100. The van der Waals surface area contributed by atoms with Gasteiger partial charge in [0.25, 0.3) is 5.91 Å². The molecule has 10 heteroatoms. The Morgan fingerprint density at radius 2 is 1.84 bits per heavy atom. The predicted octanol–water partition coefficient (Wildman–Crippen LogP) is 3.05. The Labute approximate surface area is 186 Å². The highest BCUT2D eigenvalue weighted by Gasteiger charge is 2.33. The van der Waals surface area contributed by atoms with Crippen LogP contribution in [-0.4, -0.2) is 51.4 Å². The number of nitrogens with zero attached hydrogens (tertiary/aromatic N) is 1. The van der Waals surface area contributed by atoms with Crippen molar-refractivity contribution in [2.75, 3.05) is 32.1 Å². The van der Waals surface area contributed by atoms with Gasteiger partial charge in [0.2, 0.25) is 10.0 Å². The molecule has 0 saturated carbocycles. The molecule has 0 aromatic heterocycles. The van der Waals surface area contributed by atoms with Gasteiger partial charge in [0.05, 0.1) is 35.8 Å². The molecule has 8 nitrogen and oxygen atoms in total. The Hall–Kier alpha value is -2.98. The van der Waals surface area contributed by atoms with Crippen molar-refractivity contribution in [3.63, 3.8) is 0 Å². The van der Waals surface area contributed by atoms with E-state index in [-0.39, 0.29) is 53.5 Å². The van der Waals surface area contributed by atoms with E-state index in [0.29, 0.717) is 12.8 Å². The van der Waals surface area contributed by atoms with Gasteiger partial charge in [0.15, 0.2) is 0 Å². The SMILES string of the molecule is CCOC(=O)C1CCN(S(=O)(=O)c2ccc(OC)c(NC(=O)c3ccccc3F)c2)CC1. The number of methoxy groups -OCH3 is 1. The van der Waals surface area contributed by atoms with Crippen LogP contribution in [0.2, 0.25) is 0 Å². The summed E-state index contributed by atoms with van der Waals surface area (Å²) in [5.74, 6) is -1.84. The lowest BCUT2D eigenvalue weighted by molar-refractivity contribution is -0.149. The first-order chi connectivity index (χ1) is 15.3. The molecule has 1 heterocycles. The number of esters is 1. The van der Waals surface area contributed by atoms with E-state index in [9.17, 15) is 22.4 Å². The van der Waals surface area contributed by atoms with Crippen LogP contribution >= 0.6 is 0 Å². The first kappa shape index (κ1) is 23.7. The molecule has 1 N–H and O–H groups in total. The largest absolute Gasteiger partial charge is 0.495 e. The second-order valence-electron chi connectivity index (χ2n) is 7.23. The molecule has 0 radical (unpaired) electrons. The summed E-state index contributed by atoms with van der Waals surface area (Å²) < 4.78 is 51.8. The van der Waals surface area contributed by atoms with Crippen LogP contribution in [-0.2, 0) is 19.6 Å². The lowest BCUT2D eigenvalue weighted by atomic mass is 9.98. The number of halogens is 1. The number of amides is 1. The van der Waals surface area contributed by atoms with Gasteiger partial charge in [0, 0.05) is 13.1 Å². The fourth-order valence-electron chi connectivity index (χ4n) is 3.52. The zero-order valence-electron chi connectivity index (χ0n) is 17.8. The third-order valence-corrected chi connectivity index (χ3v) is 7.14. The van der Waals surface area contributed by atoms with Gasteiger partial charge in [-0.3, -0.25) is 9.59 Å². The minimum atomic E-state index is -3.88. The van der Waals surface area contributed by atoms with Gasteiger partial charge in [-0.1, -0.05) is 12.1 Å². The van der Waals surface area contributed by atoms with Crippen molar-refractivity contribution < 1.29 is 31.9 Å². The van der Waals surface area contributed by atoms with E-state index < -0.39 is 21.7 Å². The molecule has 1 fully saturated rings.